The SMILES string of the molecule is Cc1cc(C)c2nc(N(CCN(C)C)C(=O)c3ccccc3Cl)sc2c1.Cl. The molecule has 0 unspecified atom stereocenters. The van der Waals surface area contributed by atoms with Crippen LogP contribution in [0.3, 0.4) is 0 Å². The van der Waals surface area contributed by atoms with Crippen LogP contribution in [0.4, 0.5) is 5.13 Å². The number of likely N-dealkylation sites (N-methyl/N-ethyl adjacent to an activating group) is 1. The summed E-state index contributed by atoms with van der Waals surface area (Å²) in [5.41, 5.74) is 3.78. The summed E-state index contributed by atoms with van der Waals surface area (Å²) in [4.78, 5) is 21.8. The maximum Gasteiger partial charge on any atom is 0.261 e. The molecule has 0 atom stereocenters. The minimum Gasteiger partial charge on any atom is -0.308 e. The van der Waals surface area contributed by atoms with Gasteiger partial charge in [-0.1, -0.05) is 41.1 Å². The van der Waals surface area contributed by atoms with Crippen LogP contribution in [0.2, 0.25) is 5.02 Å². The predicted molar refractivity (Wildman–Crippen MR) is 118 cm³/mol. The van der Waals surface area contributed by atoms with E-state index in [1.165, 1.54) is 5.56 Å². The van der Waals surface area contributed by atoms with Gasteiger partial charge in [-0.3, -0.25) is 9.69 Å². The second-order valence-electron chi connectivity index (χ2n) is 6.66. The number of anilines is 1. The van der Waals surface area contributed by atoms with E-state index < -0.39 is 0 Å². The van der Waals surface area contributed by atoms with Gasteiger partial charge >= 0.3 is 0 Å². The highest BCUT2D eigenvalue weighted by Gasteiger charge is 2.23. The number of thiazole rings is 1. The molecule has 0 fully saturated rings. The van der Waals surface area contributed by atoms with E-state index in [9.17, 15) is 4.79 Å². The monoisotopic (exact) mass is 423 g/mol. The number of aromatic nitrogens is 1. The van der Waals surface area contributed by atoms with Crippen molar-refractivity contribution in [1.29, 1.82) is 0 Å². The molecule has 27 heavy (non-hydrogen) atoms. The zero-order chi connectivity index (χ0) is 18.8. The van der Waals surface area contributed by atoms with Crippen molar-refractivity contribution in [2.75, 3.05) is 32.1 Å². The summed E-state index contributed by atoms with van der Waals surface area (Å²) in [5.74, 6) is -0.120. The number of amides is 1. The van der Waals surface area contributed by atoms with Crippen LogP contribution < -0.4 is 4.90 Å². The smallest absolute Gasteiger partial charge is 0.261 e. The van der Waals surface area contributed by atoms with Crippen molar-refractivity contribution >= 4 is 56.6 Å². The van der Waals surface area contributed by atoms with Crippen molar-refractivity contribution < 1.29 is 4.79 Å². The molecule has 0 bridgehead atoms. The number of hydrogen-bond donors (Lipinski definition) is 0. The summed E-state index contributed by atoms with van der Waals surface area (Å²) in [6.45, 7) is 5.42. The summed E-state index contributed by atoms with van der Waals surface area (Å²) in [6, 6.07) is 11.4. The van der Waals surface area contributed by atoms with Crippen molar-refractivity contribution in [2.45, 2.75) is 13.8 Å². The van der Waals surface area contributed by atoms with Crippen molar-refractivity contribution in [3.8, 4) is 0 Å². The Morgan fingerprint density at radius 2 is 1.85 bits per heavy atom. The van der Waals surface area contributed by atoms with Gasteiger partial charge in [0.15, 0.2) is 5.13 Å². The number of carbonyl (C=O) groups excluding carboxylic acids is 1. The Morgan fingerprint density at radius 1 is 1.15 bits per heavy atom. The third-order valence-corrected chi connectivity index (χ3v) is 5.52. The predicted octanol–water partition coefficient (Wildman–Crippen LogP) is 5.20. The number of hydrogen-bond acceptors (Lipinski definition) is 4. The molecule has 3 aromatic rings. The molecule has 0 radical (unpaired) electrons. The molecule has 144 valence electrons. The van der Waals surface area contributed by atoms with Gasteiger partial charge in [0.05, 0.1) is 20.8 Å². The average molecular weight is 424 g/mol. The molecule has 2 aromatic carbocycles. The van der Waals surface area contributed by atoms with Gasteiger partial charge in [-0.05, 0) is 57.3 Å². The van der Waals surface area contributed by atoms with E-state index in [-0.39, 0.29) is 18.3 Å². The summed E-state index contributed by atoms with van der Waals surface area (Å²) in [6.07, 6.45) is 0. The fourth-order valence-corrected chi connectivity index (χ4v) is 4.22. The molecular weight excluding hydrogens is 401 g/mol. The molecule has 7 heteroatoms. The molecule has 3 rings (SSSR count). The standard InChI is InChI=1S/C20H22ClN3OS.ClH/c1-13-11-14(2)18-17(12-13)26-20(22-18)24(10-9-23(3)4)19(25)15-7-5-6-8-16(15)21;/h5-8,11-12H,9-10H2,1-4H3;1H. The Hall–Kier alpha value is -1.66. The summed E-state index contributed by atoms with van der Waals surface area (Å²) >= 11 is 7.81. The maximum absolute atomic E-state index is 13.2. The Kier molecular flexibility index (Phi) is 7.23. The van der Waals surface area contributed by atoms with E-state index in [1.807, 2.05) is 26.2 Å². The molecule has 0 saturated heterocycles. The number of halogens is 2. The van der Waals surface area contributed by atoms with Crippen molar-refractivity contribution in [3.63, 3.8) is 0 Å². The fraction of sp³-hybridized carbons (Fsp3) is 0.300. The number of rotatable bonds is 5. The van der Waals surface area contributed by atoms with Gasteiger partial charge in [0.25, 0.3) is 5.91 Å². The lowest BCUT2D eigenvalue weighted by molar-refractivity contribution is 0.0985. The lowest BCUT2D eigenvalue weighted by Gasteiger charge is -2.22. The third-order valence-electron chi connectivity index (χ3n) is 4.17. The van der Waals surface area contributed by atoms with Crippen LogP contribution in [-0.2, 0) is 0 Å². The molecule has 0 aliphatic rings. The number of fused-ring (bicyclic) bond motifs is 1. The Bertz CT molecular complexity index is 956. The summed E-state index contributed by atoms with van der Waals surface area (Å²) in [5, 5.41) is 1.17. The second kappa shape index (κ2) is 9.02. The second-order valence-corrected chi connectivity index (χ2v) is 8.08. The highest BCUT2D eigenvalue weighted by molar-refractivity contribution is 7.22. The largest absolute Gasteiger partial charge is 0.308 e. The van der Waals surface area contributed by atoms with Crippen molar-refractivity contribution in [2.24, 2.45) is 0 Å². The zero-order valence-electron chi connectivity index (χ0n) is 15.8. The fourth-order valence-electron chi connectivity index (χ4n) is 2.84. The van der Waals surface area contributed by atoms with Crippen LogP contribution in [0.15, 0.2) is 36.4 Å². The number of aryl methyl sites for hydroxylation is 2. The van der Waals surface area contributed by atoms with E-state index in [1.54, 1.807) is 28.4 Å². The van der Waals surface area contributed by atoms with Crippen molar-refractivity contribution in [1.82, 2.24) is 9.88 Å². The molecule has 1 heterocycles. The first kappa shape index (κ1) is 21.6. The lowest BCUT2D eigenvalue weighted by atomic mass is 10.1. The Morgan fingerprint density at radius 3 is 2.52 bits per heavy atom. The molecule has 0 aliphatic carbocycles. The maximum atomic E-state index is 13.2. The Balaban J connectivity index is 0.00000261. The quantitative estimate of drug-likeness (QED) is 0.565. The third kappa shape index (κ3) is 4.79. The molecular formula is C20H23Cl2N3OS. The molecule has 1 amide bonds. The minimum absolute atomic E-state index is 0. The average Bonchev–Trinajstić information content (AvgIpc) is 2.99. The van der Waals surface area contributed by atoms with Crippen LogP contribution in [-0.4, -0.2) is 43.0 Å². The first-order chi connectivity index (χ1) is 12.4. The highest BCUT2D eigenvalue weighted by Crippen LogP contribution is 2.33. The van der Waals surface area contributed by atoms with E-state index >= 15 is 0 Å². The van der Waals surface area contributed by atoms with Gasteiger partial charge in [0, 0.05) is 13.1 Å². The Labute approximate surface area is 175 Å². The van der Waals surface area contributed by atoms with Gasteiger partial charge in [-0.15, -0.1) is 12.4 Å². The van der Waals surface area contributed by atoms with Gasteiger partial charge in [-0.25, -0.2) is 4.98 Å². The molecule has 0 saturated carbocycles. The van der Waals surface area contributed by atoms with Crippen LogP contribution in [0.1, 0.15) is 21.5 Å². The van der Waals surface area contributed by atoms with E-state index in [0.29, 0.717) is 22.3 Å². The molecule has 4 nitrogen and oxygen atoms in total. The number of nitrogens with zero attached hydrogens (tertiary/aromatic N) is 3. The zero-order valence-corrected chi connectivity index (χ0v) is 18.2. The molecule has 0 spiro atoms. The van der Waals surface area contributed by atoms with Crippen LogP contribution >= 0.6 is 35.3 Å². The number of benzene rings is 2. The topological polar surface area (TPSA) is 36.4 Å². The van der Waals surface area contributed by atoms with Gasteiger partial charge in [-0.2, -0.15) is 0 Å². The molecule has 0 N–H and O–H groups in total. The minimum atomic E-state index is -0.120. The van der Waals surface area contributed by atoms with Crippen molar-refractivity contribution in [3.05, 3.63) is 58.1 Å². The molecule has 0 aliphatic heterocycles. The van der Waals surface area contributed by atoms with Gasteiger partial charge in [0.2, 0.25) is 0 Å². The van der Waals surface area contributed by atoms with E-state index in [2.05, 4.69) is 30.9 Å². The van der Waals surface area contributed by atoms with Gasteiger partial charge in [0.1, 0.15) is 0 Å². The first-order valence-electron chi connectivity index (χ1n) is 8.45. The van der Waals surface area contributed by atoms with Crippen LogP contribution in [0, 0.1) is 13.8 Å². The lowest BCUT2D eigenvalue weighted by Crippen LogP contribution is -2.36. The van der Waals surface area contributed by atoms with Crippen LogP contribution in [0.5, 0.6) is 0 Å². The normalized spacial score (nSPS) is 10.9. The summed E-state index contributed by atoms with van der Waals surface area (Å²) in [7, 11) is 3.98. The van der Waals surface area contributed by atoms with Crippen LogP contribution in [0.25, 0.3) is 10.2 Å². The van der Waals surface area contributed by atoms with E-state index in [4.69, 9.17) is 16.6 Å². The highest BCUT2D eigenvalue weighted by atomic mass is 35.5. The van der Waals surface area contributed by atoms with Gasteiger partial charge < -0.3 is 4.90 Å². The summed E-state index contributed by atoms with van der Waals surface area (Å²) < 4.78 is 1.10. The first-order valence-corrected chi connectivity index (χ1v) is 9.65. The number of carbonyl (C=O) groups is 1. The van der Waals surface area contributed by atoms with E-state index in [0.717, 1.165) is 22.3 Å². The molecule has 1 aromatic heterocycles.